The Hall–Kier alpha value is -1.37. The van der Waals surface area contributed by atoms with Gasteiger partial charge in [0, 0.05) is 18.1 Å². The molecule has 1 aromatic heterocycles. The molecule has 0 aliphatic carbocycles. The summed E-state index contributed by atoms with van der Waals surface area (Å²) in [6.07, 6.45) is 3.56. The minimum absolute atomic E-state index is 0.498. The summed E-state index contributed by atoms with van der Waals surface area (Å²) in [6.45, 7) is 1.94. The standard InChI is InChI=1S/C12H13BN2O2S/c1-9-6-14-12(15-7-9)18-8-10-3-2-4-11(5-10)13(16)17/h2-7,16-17H,8H2,1H3. The Morgan fingerprint density at radius 1 is 1.22 bits per heavy atom. The summed E-state index contributed by atoms with van der Waals surface area (Å²) in [5, 5.41) is 18.9. The van der Waals surface area contributed by atoms with Crippen molar-refractivity contribution >= 4 is 24.3 Å². The molecular weight excluding hydrogens is 247 g/mol. The number of hydrogen-bond donors (Lipinski definition) is 2. The summed E-state index contributed by atoms with van der Waals surface area (Å²) in [6, 6.07) is 7.20. The lowest BCUT2D eigenvalue weighted by atomic mass is 9.80. The van der Waals surface area contributed by atoms with E-state index in [-0.39, 0.29) is 0 Å². The van der Waals surface area contributed by atoms with E-state index in [1.54, 1.807) is 30.6 Å². The first-order valence-corrected chi connectivity index (χ1v) is 6.50. The molecule has 18 heavy (non-hydrogen) atoms. The van der Waals surface area contributed by atoms with Crippen LogP contribution in [-0.2, 0) is 5.75 Å². The van der Waals surface area contributed by atoms with Gasteiger partial charge in [-0.15, -0.1) is 0 Å². The summed E-state index contributed by atoms with van der Waals surface area (Å²) in [5.74, 6) is 0.698. The Morgan fingerprint density at radius 3 is 2.61 bits per heavy atom. The number of aryl methyl sites for hydroxylation is 1. The molecule has 0 aliphatic rings. The molecule has 0 saturated carbocycles. The van der Waals surface area contributed by atoms with Crippen molar-refractivity contribution in [1.29, 1.82) is 0 Å². The molecule has 0 saturated heterocycles. The summed E-state index contributed by atoms with van der Waals surface area (Å²) < 4.78 is 0. The van der Waals surface area contributed by atoms with E-state index >= 15 is 0 Å². The maximum absolute atomic E-state index is 9.09. The molecule has 0 aliphatic heterocycles. The van der Waals surface area contributed by atoms with Gasteiger partial charge in [0.15, 0.2) is 5.16 Å². The summed E-state index contributed by atoms with van der Waals surface area (Å²) in [5.41, 5.74) is 2.54. The smallest absolute Gasteiger partial charge is 0.423 e. The molecule has 4 nitrogen and oxygen atoms in total. The maximum atomic E-state index is 9.09. The monoisotopic (exact) mass is 260 g/mol. The highest BCUT2D eigenvalue weighted by Gasteiger charge is 2.10. The summed E-state index contributed by atoms with van der Waals surface area (Å²) >= 11 is 1.52. The Bertz CT molecular complexity index is 520. The van der Waals surface area contributed by atoms with Crippen LogP contribution >= 0.6 is 11.8 Å². The van der Waals surface area contributed by atoms with E-state index in [1.165, 1.54) is 11.8 Å². The van der Waals surface area contributed by atoms with E-state index in [9.17, 15) is 0 Å². The Kier molecular flexibility index (Phi) is 4.35. The number of thioether (sulfide) groups is 1. The van der Waals surface area contributed by atoms with Crippen LogP contribution in [0.25, 0.3) is 0 Å². The molecule has 92 valence electrons. The topological polar surface area (TPSA) is 66.2 Å². The largest absolute Gasteiger partial charge is 0.488 e. The Labute approximate surface area is 110 Å². The lowest BCUT2D eigenvalue weighted by molar-refractivity contribution is 0.425. The molecule has 1 aromatic carbocycles. The number of rotatable bonds is 4. The van der Waals surface area contributed by atoms with E-state index in [0.717, 1.165) is 16.3 Å². The fraction of sp³-hybridized carbons (Fsp3) is 0.167. The van der Waals surface area contributed by atoms with Crippen molar-refractivity contribution in [1.82, 2.24) is 9.97 Å². The van der Waals surface area contributed by atoms with Gasteiger partial charge in [-0.1, -0.05) is 36.0 Å². The third-order valence-corrected chi connectivity index (χ3v) is 3.32. The lowest BCUT2D eigenvalue weighted by Crippen LogP contribution is -2.29. The highest BCUT2D eigenvalue weighted by Crippen LogP contribution is 2.17. The Morgan fingerprint density at radius 2 is 1.94 bits per heavy atom. The molecule has 0 atom stereocenters. The fourth-order valence-corrected chi connectivity index (χ4v) is 2.18. The van der Waals surface area contributed by atoms with Crippen LogP contribution in [0.3, 0.4) is 0 Å². The average Bonchev–Trinajstić information content (AvgIpc) is 2.38. The molecule has 0 amide bonds. The van der Waals surface area contributed by atoms with Gasteiger partial charge in [0.05, 0.1) is 0 Å². The van der Waals surface area contributed by atoms with Gasteiger partial charge in [0.25, 0.3) is 0 Å². The highest BCUT2D eigenvalue weighted by atomic mass is 32.2. The van der Waals surface area contributed by atoms with Crippen molar-refractivity contribution in [3.8, 4) is 0 Å². The van der Waals surface area contributed by atoms with Gasteiger partial charge in [-0.3, -0.25) is 0 Å². The summed E-state index contributed by atoms with van der Waals surface area (Å²) in [7, 11) is -1.43. The van der Waals surface area contributed by atoms with Gasteiger partial charge in [-0.05, 0) is 23.5 Å². The normalized spacial score (nSPS) is 10.4. The van der Waals surface area contributed by atoms with E-state index in [4.69, 9.17) is 10.0 Å². The van der Waals surface area contributed by atoms with Gasteiger partial charge < -0.3 is 10.0 Å². The molecule has 2 rings (SSSR count). The predicted octanol–water partition coefficient (Wildman–Crippen LogP) is 0.757. The number of aromatic nitrogens is 2. The van der Waals surface area contributed by atoms with Crippen molar-refractivity contribution in [3.63, 3.8) is 0 Å². The minimum Gasteiger partial charge on any atom is -0.423 e. The van der Waals surface area contributed by atoms with Gasteiger partial charge in [0.1, 0.15) is 0 Å². The second kappa shape index (κ2) is 5.99. The van der Waals surface area contributed by atoms with Gasteiger partial charge >= 0.3 is 7.12 Å². The summed E-state index contributed by atoms with van der Waals surface area (Å²) in [4.78, 5) is 8.41. The second-order valence-corrected chi connectivity index (χ2v) is 4.89. The van der Waals surface area contributed by atoms with Crippen LogP contribution in [0.4, 0.5) is 0 Å². The SMILES string of the molecule is Cc1cnc(SCc2cccc(B(O)O)c2)nc1. The molecule has 0 unspecified atom stereocenters. The maximum Gasteiger partial charge on any atom is 0.488 e. The zero-order valence-electron chi connectivity index (χ0n) is 9.95. The van der Waals surface area contributed by atoms with Crippen LogP contribution in [0.5, 0.6) is 0 Å². The van der Waals surface area contributed by atoms with Gasteiger partial charge in [-0.25, -0.2) is 9.97 Å². The van der Waals surface area contributed by atoms with E-state index in [2.05, 4.69) is 9.97 Å². The van der Waals surface area contributed by atoms with Crippen molar-refractivity contribution in [2.75, 3.05) is 0 Å². The third kappa shape index (κ3) is 3.56. The lowest BCUT2D eigenvalue weighted by Gasteiger charge is -2.04. The molecule has 2 aromatic rings. The van der Waals surface area contributed by atoms with Crippen molar-refractivity contribution in [2.45, 2.75) is 17.8 Å². The molecule has 2 N–H and O–H groups in total. The van der Waals surface area contributed by atoms with Crippen LogP contribution in [0, 0.1) is 6.92 Å². The molecule has 0 radical (unpaired) electrons. The fourth-order valence-electron chi connectivity index (χ4n) is 1.45. The zero-order valence-corrected chi connectivity index (χ0v) is 10.8. The van der Waals surface area contributed by atoms with Crippen LogP contribution in [-0.4, -0.2) is 27.1 Å². The van der Waals surface area contributed by atoms with Crippen molar-refractivity contribution < 1.29 is 10.0 Å². The third-order valence-electron chi connectivity index (χ3n) is 2.37. The average molecular weight is 260 g/mol. The van der Waals surface area contributed by atoms with Crippen LogP contribution in [0.1, 0.15) is 11.1 Å². The highest BCUT2D eigenvalue weighted by molar-refractivity contribution is 7.98. The molecular formula is C12H13BN2O2S. The molecule has 6 heteroatoms. The van der Waals surface area contributed by atoms with Gasteiger partial charge in [-0.2, -0.15) is 0 Å². The van der Waals surface area contributed by atoms with E-state index < -0.39 is 7.12 Å². The molecule has 0 bridgehead atoms. The van der Waals surface area contributed by atoms with E-state index in [1.807, 2.05) is 13.0 Å². The number of nitrogens with zero attached hydrogens (tertiary/aromatic N) is 2. The molecule has 0 spiro atoms. The van der Waals surface area contributed by atoms with Crippen molar-refractivity contribution in [3.05, 3.63) is 47.8 Å². The van der Waals surface area contributed by atoms with Crippen LogP contribution < -0.4 is 5.46 Å². The minimum atomic E-state index is -1.43. The second-order valence-electron chi connectivity index (χ2n) is 3.95. The molecule has 0 fully saturated rings. The first-order chi connectivity index (χ1) is 8.65. The van der Waals surface area contributed by atoms with E-state index in [0.29, 0.717) is 11.2 Å². The van der Waals surface area contributed by atoms with Crippen LogP contribution in [0.15, 0.2) is 41.8 Å². The van der Waals surface area contributed by atoms with Crippen molar-refractivity contribution in [2.24, 2.45) is 0 Å². The number of hydrogen-bond acceptors (Lipinski definition) is 5. The number of benzene rings is 1. The molecule has 1 heterocycles. The first-order valence-electron chi connectivity index (χ1n) is 5.51. The van der Waals surface area contributed by atoms with Crippen LogP contribution in [0.2, 0.25) is 0 Å². The van der Waals surface area contributed by atoms with Gasteiger partial charge in [0.2, 0.25) is 0 Å². The predicted molar refractivity (Wildman–Crippen MR) is 72.6 cm³/mol. The first kappa shape index (κ1) is 13.1. The zero-order chi connectivity index (χ0) is 13.0. The quantitative estimate of drug-likeness (QED) is 0.482. The Balaban J connectivity index is 2.01.